The van der Waals surface area contributed by atoms with Gasteiger partial charge in [0.15, 0.2) is 0 Å². The average molecular weight is 283 g/mol. The van der Waals surface area contributed by atoms with Crippen LogP contribution in [0.25, 0.3) is 11.0 Å². The van der Waals surface area contributed by atoms with Crippen molar-refractivity contribution in [3.8, 4) is 0 Å². The first-order chi connectivity index (χ1) is 7.77. The van der Waals surface area contributed by atoms with Crippen molar-refractivity contribution in [3.63, 3.8) is 0 Å². The Bertz CT molecular complexity index is 522. The molecular weight excluding hydrogens is 272 g/mol. The highest BCUT2D eigenvalue weighted by Crippen LogP contribution is 2.18. The monoisotopic (exact) mass is 282 g/mol. The molecule has 4 nitrogen and oxygen atoms in total. The first-order valence-corrected chi connectivity index (χ1v) is 6.09. The molecule has 0 radical (unpaired) electrons. The second-order valence-electron chi connectivity index (χ2n) is 3.18. The number of carbonyl (C=O) groups excluding carboxylic acids is 1. The molecular formula is C11H11BrN2O2. The van der Waals surface area contributed by atoms with Crippen LogP contribution >= 0.6 is 15.9 Å². The van der Waals surface area contributed by atoms with Gasteiger partial charge in [0.1, 0.15) is 5.82 Å². The fourth-order valence-corrected chi connectivity index (χ4v) is 1.93. The molecule has 0 spiro atoms. The van der Waals surface area contributed by atoms with E-state index >= 15 is 0 Å². The molecule has 0 N–H and O–H groups in total. The summed E-state index contributed by atoms with van der Waals surface area (Å²) in [6.45, 7) is 2.14. The summed E-state index contributed by atoms with van der Waals surface area (Å²) < 4.78 is 6.49. The zero-order valence-corrected chi connectivity index (χ0v) is 10.4. The Hall–Kier alpha value is -1.36. The Morgan fingerprint density at radius 3 is 2.94 bits per heavy atom. The molecule has 1 aromatic carbocycles. The van der Waals surface area contributed by atoms with Crippen LogP contribution in [-0.2, 0) is 10.1 Å². The molecule has 1 heterocycles. The molecule has 0 saturated carbocycles. The number of imidazole rings is 1. The van der Waals surface area contributed by atoms with Crippen LogP contribution in [0.3, 0.4) is 0 Å². The van der Waals surface area contributed by atoms with E-state index in [1.54, 1.807) is 6.92 Å². The molecule has 16 heavy (non-hydrogen) atoms. The maximum Gasteiger partial charge on any atom is 0.420 e. The number of nitrogens with zero attached hydrogens (tertiary/aromatic N) is 2. The van der Waals surface area contributed by atoms with Gasteiger partial charge in [-0.2, -0.15) is 0 Å². The molecule has 0 fully saturated rings. The van der Waals surface area contributed by atoms with Crippen LogP contribution in [0.2, 0.25) is 0 Å². The molecule has 0 saturated heterocycles. The number of carbonyl (C=O) groups is 1. The van der Waals surface area contributed by atoms with E-state index in [1.807, 2.05) is 24.3 Å². The lowest BCUT2D eigenvalue weighted by Crippen LogP contribution is -2.15. The van der Waals surface area contributed by atoms with Gasteiger partial charge >= 0.3 is 6.09 Å². The molecule has 0 aliphatic heterocycles. The van der Waals surface area contributed by atoms with Crippen LogP contribution in [0, 0.1) is 0 Å². The highest BCUT2D eigenvalue weighted by atomic mass is 79.9. The van der Waals surface area contributed by atoms with Crippen molar-refractivity contribution >= 4 is 33.1 Å². The Labute approximate surface area is 101 Å². The number of hydrogen-bond donors (Lipinski definition) is 0. The molecule has 5 heteroatoms. The minimum atomic E-state index is -0.384. The number of aromatic nitrogens is 2. The van der Waals surface area contributed by atoms with Crippen LogP contribution in [0.4, 0.5) is 4.79 Å². The van der Waals surface area contributed by atoms with Crippen molar-refractivity contribution in [3.05, 3.63) is 30.1 Å². The van der Waals surface area contributed by atoms with Gasteiger partial charge in [0.2, 0.25) is 0 Å². The number of hydrogen-bond acceptors (Lipinski definition) is 3. The summed E-state index contributed by atoms with van der Waals surface area (Å²) in [7, 11) is 0. The Morgan fingerprint density at radius 1 is 1.50 bits per heavy atom. The van der Waals surface area contributed by atoms with Crippen LogP contribution in [0.1, 0.15) is 12.7 Å². The molecule has 0 amide bonds. The zero-order valence-electron chi connectivity index (χ0n) is 8.81. The first-order valence-electron chi connectivity index (χ1n) is 4.97. The lowest BCUT2D eigenvalue weighted by Gasteiger charge is -2.05. The predicted octanol–water partition coefficient (Wildman–Crippen LogP) is 2.94. The van der Waals surface area contributed by atoms with Crippen molar-refractivity contribution in [2.24, 2.45) is 0 Å². The number of ether oxygens (including phenoxy) is 1. The van der Waals surface area contributed by atoms with E-state index < -0.39 is 0 Å². The maximum absolute atomic E-state index is 11.8. The quantitative estimate of drug-likeness (QED) is 0.796. The van der Waals surface area contributed by atoms with Gasteiger partial charge in [0.05, 0.1) is 23.0 Å². The van der Waals surface area contributed by atoms with Gasteiger partial charge in [-0.3, -0.25) is 0 Å². The molecule has 0 bridgehead atoms. The summed E-state index contributed by atoms with van der Waals surface area (Å²) in [5.41, 5.74) is 1.57. The number of para-hydroxylation sites is 2. The molecule has 0 atom stereocenters. The van der Waals surface area contributed by atoms with Gasteiger partial charge in [0, 0.05) is 0 Å². The average Bonchev–Trinajstić information content (AvgIpc) is 2.67. The molecule has 1 aromatic heterocycles. The standard InChI is InChI=1S/C11H11BrN2O2/c1-2-16-11(15)14-9-6-4-3-5-8(9)13-10(14)7-12/h3-6H,2,7H2,1H3. The number of halogens is 1. The molecule has 2 aromatic rings. The summed E-state index contributed by atoms with van der Waals surface area (Å²) >= 11 is 3.31. The molecule has 0 unspecified atom stereocenters. The molecule has 0 aliphatic rings. The van der Waals surface area contributed by atoms with Crippen molar-refractivity contribution in [2.45, 2.75) is 12.3 Å². The summed E-state index contributed by atoms with van der Waals surface area (Å²) in [4.78, 5) is 16.1. The van der Waals surface area contributed by atoms with Crippen LogP contribution < -0.4 is 0 Å². The van der Waals surface area contributed by atoms with Crippen molar-refractivity contribution < 1.29 is 9.53 Å². The van der Waals surface area contributed by atoms with Crippen molar-refractivity contribution in [2.75, 3.05) is 6.61 Å². The highest BCUT2D eigenvalue weighted by molar-refractivity contribution is 9.08. The summed E-state index contributed by atoms with van der Waals surface area (Å²) in [5.74, 6) is 0.652. The molecule has 84 valence electrons. The van der Waals surface area contributed by atoms with Crippen LogP contribution in [0.15, 0.2) is 24.3 Å². The van der Waals surface area contributed by atoms with E-state index in [9.17, 15) is 4.79 Å². The zero-order chi connectivity index (χ0) is 11.5. The third kappa shape index (κ3) is 1.82. The van der Waals surface area contributed by atoms with Gasteiger partial charge in [0.25, 0.3) is 0 Å². The van der Waals surface area contributed by atoms with E-state index in [2.05, 4.69) is 20.9 Å². The Morgan fingerprint density at radius 2 is 2.25 bits per heavy atom. The van der Waals surface area contributed by atoms with Crippen LogP contribution in [0.5, 0.6) is 0 Å². The van der Waals surface area contributed by atoms with Gasteiger partial charge in [-0.1, -0.05) is 28.1 Å². The summed E-state index contributed by atoms with van der Waals surface area (Å²) in [6, 6.07) is 7.49. The third-order valence-electron chi connectivity index (χ3n) is 2.20. The Kier molecular flexibility index (Phi) is 3.24. The number of rotatable bonds is 2. The van der Waals surface area contributed by atoms with Gasteiger partial charge in [-0.15, -0.1) is 0 Å². The van der Waals surface area contributed by atoms with Gasteiger partial charge in [-0.25, -0.2) is 14.3 Å². The van der Waals surface area contributed by atoms with Crippen molar-refractivity contribution in [1.29, 1.82) is 0 Å². The predicted molar refractivity (Wildman–Crippen MR) is 64.8 cm³/mol. The third-order valence-corrected chi connectivity index (χ3v) is 2.70. The Balaban J connectivity index is 2.60. The summed E-state index contributed by atoms with van der Waals surface area (Å²) in [5, 5.41) is 0.514. The minimum absolute atomic E-state index is 0.354. The van der Waals surface area contributed by atoms with Crippen molar-refractivity contribution in [1.82, 2.24) is 9.55 Å². The van der Waals surface area contributed by atoms with E-state index in [0.717, 1.165) is 11.0 Å². The fourth-order valence-electron chi connectivity index (χ4n) is 1.56. The molecule has 2 rings (SSSR count). The maximum atomic E-state index is 11.8. The highest BCUT2D eigenvalue weighted by Gasteiger charge is 2.16. The van der Waals surface area contributed by atoms with Gasteiger partial charge in [-0.05, 0) is 19.1 Å². The topological polar surface area (TPSA) is 44.1 Å². The smallest absolute Gasteiger partial charge is 0.420 e. The lowest BCUT2D eigenvalue weighted by molar-refractivity contribution is 0.154. The fraction of sp³-hybridized carbons (Fsp3) is 0.273. The largest absolute Gasteiger partial charge is 0.449 e. The van der Waals surface area contributed by atoms with Gasteiger partial charge < -0.3 is 4.74 Å². The van der Waals surface area contributed by atoms with E-state index in [-0.39, 0.29) is 6.09 Å². The lowest BCUT2D eigenvalue weighted by atomic mass is 10.3. The molecule has 0 aliphatic carbocycles. The normalized spacial score (nSPS) is 10.6. The minimum Gasteiger partial charge on any atom is -0.449 e. The second-order valence-corrected chi connectivity index (χ2v) is 3.75. The summed E-state index contributed by atoms with van der Waals surface area (Å²) in [6.07, 6.45) is -0.384. The van der Waals surface area contributed by atoms with Crippen LogP contribution in [-0.4, -0.2) is 22.3 Å². The number of benzene rings is 1. The number of fused-ring (bicyclic) bond motifs is 1. The van der Waals surface area contributed by atoms with E-state index in [1.165, 1.54) is 4.57 Å². The van der Waals surface area contributed by atoms with E-state index in [4.69, 9.17) is 4.74 Å². The SMILES string of the molecule is CCOC(=O)n1c(CBr)nc2ccccc21. The second kappa shape index (κ2) is 4.65. The first kappa shape index (κ1) is 11.1. The van der Waals surface area contributed by atoms with E-state index in [0.29, 0.717) is 17.8 Å². The number of alkyl halides is 1.